The molecular formula is C18H25N5O2S. The molecule has 1 fully saturated rings. The summed E-state index contributed by atoms with van der Waals surface area (Å²) in [5.74, 6) is 0.298. The molecule has 1 aliphatic rings. The summed E-state index contributed by atoms with van der Waals surface area (Å²) in [6.45, 7) is 0.759. The van der Waals surface area contributed by atoms with Gasteiger partial charge in [-0.1, -0.05) is 11.8 Å². The minimum Gasteiger partial charge on any atom is -0.490 e. The predicted molar refractivity (Wildman–Crippen MR) is 101 cm³/mol. The zero-order valence-corrected chi connectivity index (χ0v) is 15.7. The number of imidazole rings is 1. The van der Waals surface area contributed by atoms with Crippen LogP contribution >= 0.6 is 11.8 Å². The average Bonchev–Trinajstić information content (AvgIpc) is 3.06. The lowest BCUT2D eigenvalue weighted by atomic mass is 9.95. The van der Waals surface area contributed by atoms with Crippen molar-refractivity contribution in [3.8, 4) is 5.75 Å². The molecule has 1 saturated carbocycles. The Morgan fingerprint density at radius 3 is 2.85 bits per heavy atom. The summed E-state index contributed by atoms with van der Waals surface area (Å²) in [4.78, 5) is 21.1. The van der Waals surface area contributed by atoms with Crippen LogP contribution < -0.4 is 15.8 Å². The van der Waals surface area contributed by atoms with Crippen molar-refractivity contribution >= 4 is 17.7 Å². The third-order valence-electron chi connectivity index (χ3n) is 4.42. The van der Waals surface area contributed by atoms with Gasteiger partial charge in [0.2, 0.25) is 0 Å². The van der Waals surface area contributed by atoms with E-state index in [4.69, 9.17) is 10.5 Å². The Balaban J connectivity index is 1.51. The molecule has 0 spiro atoms. The third-order valence-corrected chi connectivity index (χ3v) is 5.83. The number of pyridine rings is 1. The smallest absolute Gasteiger partial charge is 0.273 e. The van der Waals surface area contributed by atoms with Crippen molar-refractivity contribution in [2.75, 3.05) is 13.2 Å². The second kappa shape index (κ2) is 9.05. The summed E-state index contributed by atoms with van der Waals surface area (Å²) in [5, 5.41) is 4.69. The molecule has 0 aliphatic heterocycles. The third kappa shape index (κ3) is 4.76. The van der Waals surface area contributed by atoms with Gasteiger partial charge in [0.1, 0.15) is 6.61 Å². The molecule has 0 radical (unpaired) electrons. The molecule has 1 amide bonds. The molecule has 26 heavy (non-hydrogen) atoms. The molecule has 3 rings (SSSR count). The highest BCUT2D eigenvalue weighted by Gasteiger charge is 2.25. The van der Waals surface area contributed by atoms with E-state index in [1.54, 1.807) is 18.3 Å². The van der Waals surface area contributed by atoms with E-state index >= 15 is 0 Å². The number of carbonyl (C=O) groups is 1. The number of carbonyl (C=O) groups excluding carboxylic acids is 1. The van der Waals surface area contributed by atoms with Gasteiger partial charge in [-0.25, -0.2) is 9.97 Å². The van der Waals surface area contributed by atoms with Gasteiger partial charge in [-0.15, -0.1) is 0 Å². The molecule has 8 heteroatoms. The quantitative estimate of drug-likeness (QED) is 0.768. The first-order chi connectivity index (χ1) is 12.7. The second-order valence-corrected chi connectivity index (χ2v) is 7.64. The lowest BCUT2D eigenvalue weighted by Crippen LogP contribution is -2.38. The number of thioether (sulfide) groups is 1. The van der Waals surface area contributed by atoms with Crippen LogP contribution in [0.4, 0.5) is 0 Å². The monoisotopic (exact) mass is 375 g/mol. The standard InChI is InChI=1S/C18H25N5O2S/c1-23-11-10-21-18(23)26-14-6-4-13(5-7-14)22-17(24)16-15(25-12-8-19)3-2-9-20-16/h2-3,9-11,13-14H,4-8,12,19H2,1H3,(H,22,24). The molecule has 1 aliphatic carbocycles. The zero-order chi connectivity index (χ0) is 18.4. The molecule has 7 nitrogen and oxygen atoms in total. The molecule has 2 aromatic rings. The van der Waals surface area contributed by atoms with Gasteiger partial charge >= 0.3 is 0 Å². The fourth-order valence-electron chi connectivity index (χ4n) is 3.04. The molecular weight excluding hydrogens is 350 g/mol. The highest BCUT2D eigenvalue weighted by molar-refractivity contribution is 7.99. The Morgan fingerprint density at radius 1 is 1.35 bits per heavy atom. The molecule has 0 atom stereocenters. The summed E-state index contributed by atoms with van der Waals surface area (Å²) >= 11 is 1.82. The minimum atomic E-state index is -0.183. The number of nitrogens with zero attached hydrogens (tertiary/aromatic N) is 3. The number of hydrogen-bond acceptors (Lipinski definition) is 6. The molecule has 0 unspecified atom stereocenters. The van der Waals surface area contributed by atoms with Crippen LogP contribution in [0.2, 0.25) is 0 Å². The number of rotatable bonds is 7. The van der Waals surface area contributed by atoms with Gasteiger partial charge in [0.25, 0.3) is 5.91 Å². The topological polar surface area (TPSA) is 95.1 Å². The maximum Gasteiger partial charge on any atom is 0.273 e. The molecule has 140 valence electrons. The lowest BCUT2D eigenvalue weighted by molar-refractivity contribution is 0.0918. The van der Waals surface area contributed by atoms with Crippen LogP contribution in [0.25, 0.3) is 0 Å². The molecule has 3 N–H and O–H groups in total. The van der Waals surface area contributed by atoms with E-state index in [1.165, 1.54) is 0 Å². The summed E-state index contributed by atoms with van der Waals surface area (Å²) in [5.41, 5.74) is 5.79. The van der Waals surface area contributed by atoms with Crippen molar-refractivity contribution in [1.82, 2.24) is 19.9 Å². The Hall–Kier alpha value is -2.06. The number of aryl methyl sites for hydroxylation is 1. The average molecular weight is 375 g/mol. The van der Waals surface area contributed by atoms with Crippen molar-refractivity contribution in [2.24, 2.45) is 12.8 Å². The van der Waals surface area contributed by atoms with Crippen LogP contribution in [0.5, 0.6) is 5.75 Å². The van der Waals surface area contributed by atoms with E-state index in [2.05, 4.69) is 15.3 Å². The van der Waals surface area contributed by atoms with Crippen molar-refractivity contribution in [2.45, 2.75) is 42.1 Å². The maximum absolute atomic E-state index is 12.6. The maximum atomic E-state index is 12.6. The first kappa shape index (κ1) is 18.7. The Labute approximate surface area is 157 Å². The second-order valence-electron chi connectivity index (χ2n) is 6.37. The van der Waals surface area contributed by atoms with Crippen molar-refractivity contribution in [1.29, 1.82) is 0 Å². The lowest BCUT2D eigenvalue weighted by Gasteiger charge is -2.28. The van der Waals surface area contributed by atoms with Crippen LogP contribution in [0.15, 0.2) is 35.9 Å². The first-order valence-corrected chi connectivity index (χ1v) is 9.78. The van der Waals surface area contributed by atoms with Crippen LogP contribution in [0.3, 0.4) is 0 Å². The van der Waals surface area contributed by atoms with Gasteiger partial charge < -0.3 is 20.4 Å². The summed E-state index contributed by atoms with van der Waals surface area (Å²) in [7, 11) is 2.01. The SMILES string of the molecule is Cn1ccnc1SC1CCC(NC(=O)c2ncccc2OCCN)CC1. The van der Waals surface area contributed by atoms with Gasteiger partial charge in [-0.05, 0) is 37.8 Å². The fraction of sp³-hybridized carbons (Fsp3) is 0.500. The first-order valence-electron chi connectivity index (χ1n) is 8.90. The zero-order valence-electron chi connectivity index (χ0n) is 14.9. The number of nitrogens with one attached hydrogen (secondary N) is 1. The van der Waals surface area contributed by atoms with Crippen LogP contribution in [0, 0.1) is 0 Å². The number of hydrogen-bond donors (Lipinski definition) is 2. The van der Waals surface area contributed by atoms with Gasteiger partial charge in [0.15, 0.2) is 16.6 Å². The number of aromatic nitrogens is 3. The van der Waals surface area contributed by atoms with Crippen LogP contribution in [0.1, 0.15) is 36.2 Å². The van der Waals surface area contributed by atoms with Gasteiger partial charge in [-0.2, -0.15) is 0 Å². The van der Waals surface area contributed by atoms with Gasteiger partial charge in [0, 0.05) is 43.5 Å². The van der Waals surface area contributed by atoms with Gasteiger partial charge in [0.05, 0.1) is 0 Å². The molecule has 2 heterocycles. The molecule has 2 aromatic heterocycles. The number of amides is 1. The number of nitrogens with two attached hydrogens (primary N) is 1. The van der Waals surface area contributed by atoms with E-state index in [9.17, 15) is 4.79 Å². The summed E-state index contributed by atoms with van der Waals surface area (Å²) < 4.78 is 7.57. The van der Waals surface area contributed by atoms with Crippen LogP contribution in [-0.2, 0) is 7.05 Å². The van der Waals surface area contributed by atoms with Gasteiger partial charge in [-0.3, -0.25) is 4.79 Å². The fourth-order valence-corrected chi connectivity index (χ4v) is 4.19. The van der Waals surface area contributed by atoms with E-state index < -0.39 is 0 Å². The van der Waals surface area contributed by atoms with Crippen molar-refractivity contribution < 1.29 is 9.53 Å². The van der Waals surface area contributed by atoms with E-state index in [0.29, 0.717) is 29.8 Å². The molecule has 0 saturated heterocycles. The highest BCUT2D eigenvalue weighted by Crippen LogP contribution is 2.32. The van der Waals surface area contributed by atoms with E-state index in [1.807, 2.05) is 35.8 Å². The van der Waals surface area contributed by atoms with Crippen molar-refractivity contribution in [3.05, 3.63) is 36.4 Å². The minimum absolute atomic E-state index is 0.171. The summed E-state index contributed by atoms with van der Waals surface area (Å²) in [6, 6.07) is 3.67. The normalized spacial score (nSPS) is 19.9. The number of ether oxygens (including phenoxy) is 1. The largest absolute Gasteiger partial charge is 0.490 e. The van der Waals surface area contributed by atoms with E-state index in [0.717, 1.165) is 30.8 Å². The van der Waals surface area contributed by atoms with Crippen LogP contribution in [-0.4, -0.2) is 44.9 Å². The Bertz CT molecular complexity index is 728. The predicted octanol–water partition coefficient (Wildman–Crippen LogP) is 1.99. The van der Waals surface area contributed by atoms with E-state index in [-0.39, 0.29) is 11.9 Å². The Kier molecular flexibility index (Phi) is 6.51. The molecule has 0 aromatic carbocycles. The highest BCUT2D eigenvalue weighted by atomic mass is 32.2. The molecule has 0 bridgehead atoms. The Morgan fingerprint density at radius 2 is 2.15 bits per heavy atom. The van der Waals surface area contributed by atoms with Crippen molar-refractivity contribution in [3.63, 3.8) is 0 Å². The summed E-state index contributed by atoms with van der Waals surface area (Å²) in [6.07, 6.45) is 9.42.